The zero-order valence-electron chi connectivity index (χ0n) is 10.6. The summed E-state index contributed by atoms with van der Waals surface area (Å²) in [6, 6.07) is 8.47. The van der Waals surface area contributed by atoms with Crippen LogP contribution in [0.4, 0.5) is 13.2 Å². The molecule has 0 heterocycles. The topological polar surface area (TPSA) is 24.4 Å². The Bertz CT molecular complexity index is 420. The number of nitrogens with one attached hydrogen (secondary N) is 1. The van der Waals surface area contributed by atoms with Crippen LogP contribution >= 0.6 is 0 Å². The summed E-state index contributed by atoms with van der Waals surface area (Å²) in [7, 11) is 0. The highest BCUT2D eigenvalue weighted by molar-refractivity contribution is 5.99. The van der Waals surface area contributed by atoms with Gasteiger partial charge in [0.15, 0.2) is 0 Å². The smallest absolute Gasteiger partial charge is 0.281 e. The molecule has 0 aliphatic heterocycles. The van der Waals surface area contributed by atoms with E-state index < -0.39 is 6.30 Å². The summed E-state index contributed by atoms with van der Waals surface area (Å²) in [6.07, 6.45) is 0.527. The largest absolute Gasteiger partial charge is 0.483 e. The Labute approximate surface area is 110 Å². The SMILES string of the molecule is FC(F)(F)NC(=NC1CCCCC1)c1ccccc1. The predicted octanol–water partition coefficient (Wildman–Crippen LogP) is 3.88. The molecule has 1 fully saturated rings. The van der Waals surface area contributed by atoms with E-state index in [1.165, 1.54) is 0 Å². The van der Waals surface area contributed by atoms with Crippen molar-refractivity contribution in [1.82, 2.24) is 5.32 Å². The molecule has 104 valence electrons. The van der Waals surface area contributed by atoms with Gasteiger partial charge in [-0.2, -0.15) is 13.2 Å². The van der Waals surface area contributed by atoms with E-state index in [4.69, 9.17) is 0 Å². The van der Waals surface area contributed by atoms with Crippen LogP contribution in [0.25, 0.3) is 0 Å². The van der Waals surface area contributed by atoms with Crippen LogP contribution in [0.3, 0.4) is 0 Å². The van der Waals surface area contributed by atoms with Crippen LogP contribution in [-0.4, -0.2) is 18.2 Å². The lowest BCUT2D eigenvalue weighted by atomic mass is 9.96. The lowest BCUT2D eigenvalue weighted by Crippen LogP contribution is -2.38. The van der Waals surface area contributed by atoms with E-state index in [2.05, 4.69) is 4.99 Å². The summed E-state index contributed by atoms with van der Waals surface area (Å²) in [5.41, 5.74) is 0.477. The Hall–Kier alpha value is -1.52. The Morgan fingerprint density at radius 2 is 1.68 bits per heavy atom. The normalized spacial score (nSPS) is 18.4. The minimum absolute atomic E-state index is 0.00111. The predicted molar refractivity (Wildman–Crippen MR) is 69.0 cm³/mol. The van der Waals surface area contributed by atoms with Gasteiger partial charge in [-0.1, -0.05) is 49.6 Å². The van der Waals surface area contributed by atoms with Crippen molar-refractivity contribution in [3.05, 3.63) is 35.9 Å². The number of amidine groups is 1. The molecule has 0 aromatic heterocycles. The standard InChI is InChI=1S/C14H17F3N2/c15-14(16,17)19-13(11-7-3-1-4-8-11)18-12-9-5-2-6-10-12/h1,3-4,7-8,12H,2,5-6,9-10H2,(H,18,19). The van der Waals surface area contributed by atoms with E-state index in [1.807, 2.05) is 0 Å². The zero-order chi connectivity index (χ0) is 13.7. The van der Waals surface area contributed by atoms with Gasteiger partial charge in [0, 0.05) is 5.56 Å². The fourth-order valence-electron chi connectivity index (χ4n) is 2.30. The van der Waals surface area contributed by atoms with Crippen molar-refractivity contribution < 1.29 is 13.2 Å². The second kappa shape index (κ2) is 6.08. The van der Waals surface area contributed by atoms with Crippen LogP contribution < -0.4 is 5.32 Å². The molecule has 0 bridgehead atoms. The number of hydrogen-bond acceptors (Lipinski definition) is 1. The van der Waals surface area contributed by atoms with Gasteiger partial charge in [-0.05, 0) is 12.8 Å². The second-order valence-corrected chi connectivity index (χ2v) is 4.76. The zero-order valence-corrected chi connectivity index (χ0v) is 10.6. The first-order valence-electron chi connectivity index (χ1n) is 6.53. The van der Waals surface area contributed by atoms with Gasteiger partial charge >= 0.3 is 6.30 Å². The molecule has 0 radical (unpaired) electrons. The maximum Gasteiger partial charge on any atom is 0.483 e. The monoisotopic (exact) mass is 270 g/mol. The van der Waals surface area contributed by atoms with Crippen LogP contribution in [0.15, 0.2) is 35.3 Å². The Morgan fingerprint density at radius 3 is 2.26 bits per heavy atom. The number of nitrogens with zero attached hydrogens (tertiary/aromatic N) is 1. The maximum atomic E-state index is 12.6. The molecule has 2 nitrogen and oxygen atoms in total. The van der Waals surface area contributed by atoms with E-state index in [9.17, 15) is 13.2 Å². The van der Waals surface area contributed by atoms with E-state index >= 15 is 0 Å². The van der Waals surface area contributed by atoms with Gasteiger partial charge in [-0.25, -0.2) is 0 Å². The third kappa shape index (κ3) is 4.58. The third-order valence-corrected chi connectivity index (χ3v) is 3.19. The summed E-state index contributed by atoms with van der Waals surface area (Å²) in [5.74, 6) is -0.0694. The molecule has 19 heavy (non-hydrogen) atoms. The molecular weight excluding hydrogens is 253 g/mol. The lowest BCUT2D eigenvalue weighted by molar-refractivity contribution is -0.141. The van der Waals surface area contributed by atoms with Crippen molar-refractivity contribution in [1.29, 1.82) is 0 Å². The Kier molecular flexibility index (Phi) is 4.45. The average Bonchev–Trinajstić information content (AvgIpc) is 2.39. The van der Waals surface area contributed by atoms with Gasteiger partial charge in [-0.15, -0.1) is 0 Å². The molecule has 1 aromatic rings. The lowest BCUT2D eigenvalue weighted by Gasteiger charge is -2.20. The highest BCUT2D eigenvalue weighted by atomic mass is 19.4. The Morgan fingerprint density at radius 1 is 1.05 bits per heavy atom. The highest BCUT2D eigenvalue weighted by Crippen LogP contribution is 2.21. The molecule has 1 aromatic carbocycles. The number of rotatable bonds is 2. The van der Waals surface area contributed by atoms with E-state index in [0.717, 1.165) is 32.1 Å². The molecule has 0 unspecified atom stereocenters. The van der Waals surface area contributed by atoms with Gasteiger partial charge in [0.1, 0.15) is 5.84 Å². The van der Waals surface area contributed by atoms with Gasteiger partial charge in [0.05, 0.1) is 6.04 Å². The number of halogens is 3. The number of hydrogen-bond donors (Lipinski definition) is 1. The van der Waals surface area contributed by atoms with Gasteiger partial charge in [0.2, 0.25) is 0 Å². The quantitative estimate of drug-likeness (QED) is 0.492. The average molecular weight is 270 g/mol. The van der Waals surface area contributed by atoms with Crippen LogP contribution in [0.5, 0.6) is 0 Å². The molecule has 2 rings (SSSR count). The van der Waals surface area contributed by atoms with Gasteiger partial charge in [-0.3, -0.25) is 10.3 Å². The fraction of sp³-hybridized carbons (Fsp3) is 0.500. The molecule has 1 saturated carbocycles. The molecule has 0 spiro atoms. The molecule has 1 N–H and O–H groups in total. The third-order valence-electron chi connectivity index (χ3n) is 3.19. The van der Waals surface area contributed by atoms with Crippen molar-refractivity contribution in [3.63, 3.8) is 0 Å². The van der Waals surface area contributed by atoms with Crippen LogP contribution in [-0.2, 0) is 0 Å². The van der Waals surface area contributed by atoms with Gasteiger partial charge < -0.3 is 0 Å². The minimum Gasteiger partial charge on any atom is -0.281 e. The molecular formula is C14H17F3N2. The summed E-state index contributed by atoms with van der Waals surface area (Å²) in [6.45, 7) is 0. The Balaban J connectivity index is 2.20. The van der Waals surface area contributed by atoms with Gasteiger partial charge in [0.25, 0.3) is 0 Å². The van der Waals surface area contributed by atoms with Crippen molar-refractivity contribution >= 4 is 5.84 Å². The first-order chi connectivity index (χ1) is 9.04. The first-order valence-corrected chi connectivity index (χ1v) is 6.53. The molecule has 0 amide bonds. The minimum atomic E-state index is -4.46. The summed E-state index contributed by atoms with van der Waals surface area (Å²) < 4.78 is 37.7. The van der Waals surface area contributed by atoms with Crippen LogP contribution in [0, 0.1) is 0 Å². The highest BCUT2D eigenvalue weighted by Gasteiger charge is 2.30. The summed E-state index contributed by atoms with van der Waals surface area (Å²) in [4.78, 5) is 4.28. The van der Waals surface area contributed by atoms with Crippen LogP contribution in [0.1, 0.15) is 37.7 Å². The van der Waals surface area contributed by atoms with Crippen molar-refractivity contribution in [2.24, 2.45) is 4.99 Å². The van der Waals surface area contributed by atoms with E-state index in [0.29, 0.717) is 5.56 Å². The van der Waals surface area contributed by atoms with Crippen LogP contribution in [0.2, 0.25) is 0 Å². The van der Waals surface area contributed by atoms with Crippen molar-refractivity contribution in [2.45, 2.75) is 44.4 Å². The fourth-order valence-corrected chi connectivity index (χ4v) is 2.30. The molecule has 0 saturated heterocycles. The van der Waals surface area contributed by atoms with Crippen molar-refractivity contribution in [3.8, 4) is 0 Å². The summed E-state index contributed by atoms with van der Waals surface area (Å²) >= 11 is 0. The first kappa shape index (κ1) is 13.9. The van der Waals surface area contributed by atoms with E-state index in [-0.39, 0.29) is 11.9 Å². The maximum absolute atomic E-state index is 12.6. The van der Waals surface area contributed by atoms with E-state index in [1.54, 1.807) is 35.6 Å². The van der Waals surface area contributed by atoms with Crippen molar-refractivity contribution in [2.75, 3.05) is 0 Å². The number of alkyl halides is 3. The number of benzene rings is 1. The number of aliphatic imine (C=N–C) groups is 1. The molecule has 1 aliphatic carbocycles. The molecule has 0 atom stereocenters. The molecule has 5 heteroatoms. The summed E-state index contributed by atoms with van der Waals surface area (Å²) in [5, 5.41) is 1.57. The second-order valence-electron chi connectivity index (χ2n) is 4.76. The molecule has 1 aliphatic rings.